The Hall–Kier alpha value is -0.830. The number of rotatable bonds is 6. The highest BCUT2D eigenvalue weighted by Crippen LogP contribution is 2.24. The van der Waals surface area contributed by atoms with E-state index in [1.165, 1.54) is 5.56 Å². The molecule has 0 spiro atoms. The second-order valence-electron chi connectivity index (χ2n) is 4.43. The maximum Gasteiger partial charge on any atom is 0.135 e. The average molecular weight is 299 g/mol. The number of benzene rings is 1. The van der Waals surface area contributed by atoms with Crippen molar-refractivity contribution in [3.05, 3.63) is 28.2 Å². The van der Waals surface area contributed by atoms with E-state index in [1.807, 2.05) is 32.0 Å². The van der Waals surface area contributed by atoms with Crippen molar-refractivity contribution in [2.75, 3.05) is 7.11 Å². The lowest BCUT2D eigenvalue weighted by Gasteiger charge is -2.08. The number of ether oxygens (including phenoxy) is 1. The molecule has 0 radical (unpaired) electrons. The number of hydrogen-bond donors (Lipinski definition) is 0. The van der Waals surface area contributed by atoms with E-state index in [0.717, 1.165) is 23.1 Å². The first kappa shape index (κ1) is 14.2. The summed E-state index contributed by atoms with van der Waals surface area (Å²) in [5.74, 6) is 1.34. The summed E-state index contributed by atoms with van der Waals surface area (Å²) < 4.78 is 6.27. The van der Waals surface area contributed by atoms with Gasteiger partial charge in [0.05, 0.1) is 7.11 Å². The maximum absolute atomic E-state index is 11.5. The highest BCUT2D eigenvalue weighted by Gasteiger charge is 2.08. The Kier molecular flexibility index (Phi) is 5.69. The SMILES string of the molecule is COc1ccc(Br)c(CCCC(=O)C(C)C)c1. The molecule has 0 amide bonds. The van der Waals surface area contributed by atoms with Gasteiger partial charge in [0, 0.05) is 16.8 Å². The third kappa shape index (κ3) is 4.50. The van der Waals surface area contributed by atoms with Crippen molar-refractivity contribution >= 4 is 21.7 Å². The van der Waals surface area contributed by atoms with Crippen LogP contribution in [0.15, 0.2) is 22.7 Å². The maximum atomic E-state index is 11.5. The van der Waals surface area contributed by atoms with Crippen LogP contribution in [0.2, 0.25) is 0 Å². The summed E-state index contributed by atoms with van der Waals surface area (Å²) in [5.41, 5.74) is 1.20. The molecular weight excluding hydrogens is 280 g/mol. The number of halogens is 1. The van der Waals surface area contributed by atoms with Crippen molar-refractivity contribution in [1.82, 2.24) is 0 Å². The molecule has 0 N–H and O–H groups in total. The molecule has 94 valence electrons. The topological polar surface area (TPSA) is 26.3 Å². The van der Waals surface area contributed by atoms with Gasteiger partial charge in [-0.1, -0.05) is 29.8 Å². The van der Waals surface area contributed by atoms with Gasteiger partial charge in [-0.15, -0.1) is 0 Å². The molecule has 2 nitrogen and oxygen atoms in total. The number of Topliss-reactive ketones (excluding diaryl/α,β-unsaturated/α-hetero) is 1. The quantitative estimate of drug-likeness (QED) is 0.793. The first-order chi connectivity index (χ1) is 8.04. The summed E-state index contributed by atoms with van der Waals surface area (Å²) in [6.45, 7) is 3.90. The Morgan fingerprint density at radius 1 is 1.41 bits per heavy atom. The van der Waals surface area contributed by atoms with Crippen molar-refractivity contribution in [3.8, 4) is 5.75 Å². The number of carbonyl (C=O) groups excluding carboxylic acids is 1. The van der Waals surface area contributed by atoms with Gasteiger partial charge in [0.1, 0.15) is 11.5 Å². The number of ketones is 1. The predicted octanol–water partition coefficient (Wildman–Crippen LogP) is 4.01. The molecule has 0 saturated heterocycles. The fourth-order valence-electron chi connectivity index (χ4n) is 1.61. The first-order valence-corrected chi connectivity index (χ1v) is 6.69. The van der Waals surface area contributed by atoms with Crippen LogP contribution >= 0.6 is 15.9 Å². The molecule has 0 unspecified atom stereocenters. The third-order valence-corrected chi connectivity index (χ3v) is 3.54. The molecule has 0 bridgehead atoms. The summed E-state index contributed by atoms with van der Waals surface area (Å²) in [7, 11) is 1.66. The molecule has 0 aromatic heterocycles. The van der Waals surface area contributed by atoms with Crippen LogP contribution < -0.4 is 4.74 Å². The van der Waals surface area contributed by atoms with Crippen LogP contribution in [0.3, 0.4) is 0 Å². The van der Waals surface area contributed by atoms with Crippen LogP contribution in [0.4, 0.5) is 0 Å². The van der Waals surface area contributed by atoms with Crippen LogP contribution in [-0.2, 0) is 11.2 Å². The van der Waals surface area contributed by atoms with Crippen molar-refractivity contribution in [2.45, 2.75) is 33.1 Å². The summed E-state index contributed by atoms with van der Waals surface area (Å²) in [5, 5.41) is 0. The van der Waals surface area contributed by atoms with Gasteiger partial charge in [0.2, 0.25) is 0 Å². The Bertz CT molecular complexity index is 386. The zero-order valence-electron chi connectivity index (χ0n) is 10.6. The van der Waals surface area contributed by atoms with Gasteiger partial charge in [0.15, 0.2) is 0 Å². The number of aryl methyl sites for hydroxylation is 1. The summed E-state index contributed by atoms with van der Waals surface area (Å²) in [4.78, 5) is 11.5. The Morgan fingerprint density at radius 2 is 2.12 bits per heavy atom. The van der Waals surface area contributed by atoms with E-state index in [1.54, 1.807) is 7.11 Å². The van der Waals surface area contributed by atoms with Gasteiger partial charge in [-0.25, -0.2) is 0 Å². The minimum absolute atomic E-state index is 0.142. The lowest BCUT2D eigenvalue weighted by molar-refractivity contribution is -0.121. The summed E-state index contributed by atoms with van der Waals surface area (Å²) in [6, 6.07) is 5.93. The number of methoxy groups -OCH3 is 1. The molecule has 0 aliphatic rings. The van der Waals surface area contributed by atoms with Crippen molar-refractivity contribution < 1.29 is 9.53 Å². The molecule has 1 rings (SSSR count). The number of hydrogen-bond acceptors (Lipinski definition) is 2. The van der Waals surface area contributed by atoms with Crippen molar-refractivity contribution in [1.29, 1.82) is 0 Å². The highest BCUT2D eigenvalue weighted by molar-refractivity contribution is 9.10. The molecule has 1 aromatic rings. The van der Waals surface area contributed by atoms with Crippen LogP contribution in [0.1, 0.15) is 32.3 Å². The monoisotopic (exact) mass is 298 g/mol. The molecular formula is C14H19BrO2. The van der Waals surface area contributed by atoms with Gasteiger partial charge < -0.3 is 4.74 Å². The largest absolute Gasteiger partial charge is 0.497 e. The normalized spacial score (nSPS) is 10.6. The molecule has 17 heavy (non-hydrogen) atoms. The van der Waals surface area contributed by atoms with Gasteiger partial charge in [-0.2, -0.15) is 0 Å². The fraction of sp³-hybridized carbons (Fsp3) is 0.500. The standard InChI is InChI=1S/C14H19BrO2/c1-10(2)14(16)6-4-5-11-9-12(17-3)7-8-13(11)15/h7-10H,4-6H2,1-3H3. The van der Waals surface area contributed by atoms with Gasteiger partial charge in [0.25, 0.3) is 0 Å². The second kappa shape index (κ2) is 6.80. The minimum atomic E-state index is 0.142. The zero-order chi connectivity index (χ0) is 12.8. The molecule has 3 heteroatoms. The van der Waals surface area contributed by atoms with Crippen molar-refractivity contribution in [3.63, 3.8) is 0 Å². The Labute approximate surface area is 111 Å². The van der Waals surface area contributed by atoms with E-state index in [-0.39, 0.29) is 5.92 Å². The molecule has 0 atom stereocenters. The van der Waals surface area contributed by atoms with Gasteiger partial charge in [-0.05, 0) is 36.6 Å². The van der Waals surface area contributed by atoms with E-state index in [9.17, 15) is 4.79 Å². The molecule has 0 fully saturated rings. The van der Waals surface area contributed by atoms with Gasteiger partial charge >= 0.3 is 0 Å². The lowest BCUT2D eigenvalue weighted by atomic mass is 10.0. The lowest BCUT2D eigenvalue weighted by Crippen LogP contribution is -2.06. The Balaban J connectivity index is 2.54. The minimum Gasteiger partial charge on any atom is -0.497 e. The average Bonchev–Trinajstić information content (AvgIpc) is 2.31. The third-order valence-electron chi connectivity index (χ3n) is 2.77. The van der Waals surface area contributed by atoms with Crippen molar-refractivity contribution in [2.24, 2.45) is 5.92 Å². The van der Waals surface area contributed by atoms with Crippen LogP contribution in [0.25, 0.3) is 0 Å². The van der Waals surface area contributed by atoms with E-state index < -0.39 is 0 Å². The van der Waals surface area contributed by atoms with Gasteiger partial charge in [-0.3, -0.25) is 4.79 Å². The Morgan fingerprint density at radius 3 is 2.71 bits per heavy atom. The molecule has 0 heterocycles. The van der Waals surface area contributed by atoms with E-state index >= 15 is 0 Å². The predicted molar refractivity (Wildman–Crippen MR) is 73.5 cm³/mol. The molecule has 0 aliphatic carbocycles. The zero-order valence-corrected chi connectivity index (χ0v) is 12.2. The first-order valence-electron chi connectivity index (χ1n) is 5.89. The molecule has 1 aromatic carbocycles. The van der Waals surface area contributed by atoms with Crippen LogP contribution in [-0.4, -0.2) is 12.9 Å². The van der Waals surface area contributed by atoms with E-state index in [0.29, 0.717) is 12.2 Å². The van der Waals surface area contributed by atoms with E-state index in [2.05, 4.69) is 15.9 Å². The fourth-order valence-corrected chi connectivity index (χ4v) is 2.06. The molecule has 0 saturated carbocycles. The second-order valence-corrected chi connectivity index (χ2v) is 5.29. The van der Waals surface area contributed by atoms with Crippen LogP contribution in [0, 0.1) is 5.92 Å². The summed E-state index contributed by atoms with van der Waals surface area (Å²) in [6.07, 6.45) is 2.44. The highest BCUT2D eigenvalue weighted by atomic mass is 79.9. The smallest absolute Gasteiger partial charge is 0.135 e. The summed E-state index contributed by atoms with van der Waals surface area (Å²) >= 11 is 3.52. The van der Waals surface area contributed by atoms with Crippen LogP contribution in [0.5, 0.6) is 5.75 Å². The van der Waals surface area contributed by atoms with E-state index in [4.69, 9.17) is 4.74 Å². The number of carbonyl (C=O) groups is 1. The molecule has 0 aliphatic heterocycles.